The van der Waals surface area contributed by atoms with Crippen molar-refractivity contribution in [3.63, 3.8) is 0 Å². The summed E-state index contributed by atoms with van der Waals surface area (Å²) in [5.74, 6) is -1.39. The zero-order valence-electron chi connectivity index (χ0n) is 19.3. The molecule has 0 spiro atoms. The van der Waals surface area contributed by atoms with E-state index in [1.807, 2.05) is 45.0 Å². The lowest BCUT2D eigenvalue weighted by molar-refractivity contribution is -0.138. The van der Waals surface area contributed by atoms with Crippen LogP contribution in [0.15, 0.2) is 48.5 Å². The van der Waals surface area contributed by atoms with Crippen LogP contribution in [-0.4, -0.2) is 42.3 Å². The third-order valence-corrected chi connectivity index (χ3v) is 6.03. The topological polar surface area (TPSA) is 105 Å². The highest BCUT2D eigenvalue weighted by Gasteiger charge is 2.30. The van der Waals surface area contributed by atoms with E-state index in [4.69, 9.17) is 9.84 Å². The van der Waals surface area contributed by atoms with Gasteiger partial charge >= 0.3 is 12.1 Å². The average Bonchev–Trinajstić information content (AvgIpc) is 3.09. The molecular weight excluding hydrogens is 420 g/mol. The summed E-state index contributed by atoms with van der Waals surface area (Å²) < 4.78 is 5.56. The summed E-state index contributed by atoms with van der Waals surface area (Å²) >= 11 is 0. The number of alkyl carbamates (subject to hydrolysis) is 1. The summed E-state index contributed by atoms with van der Waals surface area (Å²) in [6.07, 6.45) is -0.0279. The molecule has 7 nitrogen and oxygen atoms in total. The van der Waals surface area contributed by atoms with Gasteiger partial charge in [-0.2, -0.15) is 0 Å². The maximum absolute atomic E-state index is 12.6. The molecule has 1 aliphatic carbocycles. The largest absolute Gasteiger partial charge is 0.481 e. The third kappa shape index (κ3) is 6.12. The molecule has 2 aromatic rings. The highest BCUT2D eigenvalue weighted by molar-refractivity contribution is 5.86. The number of amides is 2. The van der Waals surface area contributed by atoms with Gasteiger partial charge in [0.1, 0.15) is 12.6 Å². The van der Waals surface area contributed by atoms with Crippen LogP contribution >= 0.6 is 0 Å². The number of fused-ring (bicyclic) bond motifs is 3. The van der Waals surface area contributed by atoms with E-state index >= 15 is 0 Å². The fourth-order valence-electron chi connectivity index (χ4n) is 4.25. The lowest BCUT2D eigenvalue weighted by atomic mass is 9.98. The highest BCUT2D eigenvalue weighted by atomic mass is 16.5. The summed E-state index contributed by atoms with van der Waals surface area (Å²) in [4.78, 5) is 36.0. The van der Waals surface area contributed by atoms with E-state index in [1.165, 1.54) is 0 Å². The number of hydrogen-bond acceptors (Lipinski definition) is 4. The van der Waals surface area contributed by atoms with Gasteiger partial charge in [0, 0.05) is 18.9 Å². The van der Waals surface area contributed by atoms with E-state index in [9.17, 15) is 14.4 Å². The molecule has 0 fully saturated rings. The number of benzene rings is 2. The van der Waals surface area contributed by atoms with Crippen molar-refractivity contribution in [1.82, 2.24) is 10.6 Å². The van der Waals surface area contributed by atoms with Crippen LogP contribution in [0.25, 0.3) is 11.1 Å². The summed E-state index contributed by atoms with van der Waals surface area (Å²) in [5.41, 5.74) is 4.55. The van der Waals surface area contributed by atoms with Crippen LogP contribution < -0.4 is 10.6 Å². The molecular formula is C26H32N2O5. The summed E-state index contributed by atoms with van der Waals surface area (Å²) in [6.45, 7) is 6.05. The number of hydrogen-bond donors (Lipinski definition) is 3. The first kappa shape index (κ1) is 24.3. The lowest BCUT2D eigenvalue weighted by Crippen LogP contribution is -2.50. The Hall–Kier alpha value is -3.35. The standard InChI is InChI=1S/C26H32N2O5/c1-16(2)24(25(31)27-13-12-17(3)14-23(29)30)28-26(32)33-15-22-20-10-6-4-8-18(20)19-9-5-7-11-21(19)22/h4-11,16-17,22,24H,12-15H2,1-3H3,(H,27,31)(H,28,32)(H,29,30). The van der Waals surface area contributed by atoms with E-state index in [-0.39, 0.29) is 36.7 Å². The average molecular weight is 453 g/mol. The van der Waals surface area contributed by atoms with E-state index in [2.05, 4.69) is 34.9 Å². The molecule has 0 aromatic heterocycles. The van der Waals surface area contributed by atoms with Gasteiger partial charge in [-0.05, 0) is 40.5 Å². The van der Waals surface area contributed by atoms with Gasteiger partial charge in [-0.25, -0.2) is 4.79 Å². The molecule has 1 aliphatic rings. The number of rotatable bonds is 10. The van der Waals surface area contributed by atoms with Crippen molar-refractivity contribution < 1.29 is 24.2 Å². The molecule has 0 bridgehead atoms. The molecule has 0 aliphatic heterocycles. The monoisotopic (exact) mass is 452 g/mol. The minimum absolute atomic E-state index is 0.0459. The summed E-state index contributed by atoms with van der Waals surface area (Å²) in [7, 11) is 0. The minimum atomic E-state index is -0.856. The summed E-state index contributed by atoms with van der Waals surface area (Å²) in [6, 6.07) is 15.5. The smallest absolute Gasteiger partial charge is 0.407 e. The van der Waals surface area contributed by atoms with Crippen molar-refractivity contribution in [1.29, 1.82) is 0 Å². The second kappa shape index (κ2) is 11.0. The van der Waals surface area contributed by atoms with Gasteiger partial charge in [-0.3, -0.25) is 9.59 Å². The van der Waals surface area contributed by atoms with Gasteiger partial charge in [0.05, 0.1) is 0 Å². The van der Waals surface area contributed by atoms with Crippen LogP contribution in [0.2, 0.25) is 0 Å². The Balaban J connectivity index is 1.55. The van der Waals surface area contributed by atoms with Crippen molar-refractivity contribution in [3.8, 4) is 11.1 Å². The normalized spacial score (nSPS) is 14.2. The van der Waals surface area contributed by atoms with Crippen LogP contribution in [0.3, 0.4) is 0 Å². The number of ether oxygens (including phenoxy) is 1. The number of carbonyl (C=O) groups is 3. The molecule has 7 heteroatoms. The van der Waals surface area contributed by atoms with Crippen molar-refractivity contribution in [2.24, 2.45) is 11.8 Å². The first-order valence-electron chi connectivity index (χ1n) is 11.4. The van der Waals surface area contributed by atoms with Crippen LogP contribution in [0.4, 0.5) is 4.79 Å². The predicted octanol–water partition coefficient (Wildman–Crippen LogP) is 4.17. The fourth-order valence-corrected chi connectivity index (χ4v) is 4.25. The molecule has 0 saturated carbocycles. The minimum Gasteiger partial charge on any atom is -0.481 e. The van der Waals surface area contributed by atoms with Gasteiger partial charge in [-0.15, -0.1) is 0 Å². The van der Waals surface area contributed by atoms with Gasteiger partial charge in [0.2, 0.25) is 5.91 Å². The van der Waals surface area contributed by atoms with Gasteiger partial charge < -0.3 is 20.5 Å². The van der Waals surface area contributed by atoms with Gasteiger partial charge in [0.15, 0.2) is 0 Å². The van der Waals surface area contributed by atoms with Crippen LogP contribution in [0.5, 0.6) is 0 Å². The second-order valence-corrected chi connectivity index (χ2v) is 8.97. The predicted molar refractivity (Wildman–Crippen MR) is 126 cm³/mol. The van der Waals surface area contributed by atoms with E-state index in [0.717, 1.165) is 22.3 Å². The second-order valence-electron chi connectivity index (χ2n) is 8.97. The van der Waals surface area contributed by atoms with Crippen molar-refractivity contribution >= 4 is 18.0 Å². The Kier molecular flexibility index (Phi) is 8.09. The fraction of sp³-hybridized carbons (Fsp3) is 0.423. The number of carbonyl (C=O) groups excluding carboxylic acids is 2. The Morgan fingerprint density at radius 3 is 2.09 bits per heavy atom. The maximum atomic E-state index is 12.6. The van der Waals surface area contributed by atoms with Crippen molar-refractivity contribution in [2.75, 3.05) is 13.2 Å². The van der Waals surface area contributed by atoms with E-state index in [0.29, 0.717) is 13.0 Å². The zero-order valence-corrected chi connectivity index (χ0v) is 19.3. The van der Waals surface area contributed by atoms with Crippen molar-refractivity contribution in [3.05, 3.63) is 59.7 Å². The summed E-state index contributed by atoms with van der Waals surface area (Å²) in [5, 5.41) is 14.3. The molecule has 2 atom stereocenters. The molecule has 33 heavy (non-hydrogen) atoms. The SMILES string of the molecule is CC(CCNC(=O)C(NC(=O)OCC1c2ccccc2-c2ccccc21)C(C)C)CC(=O)O. The van der Waals surface area contributed by atoms with Gasteiger partial charge in [-0.1, -0.05) is 69.3 Å². The maximum Gasteiger partial charge on any atom is 0.407 e. The van der Waals surface area contributed by atoms with E-state index < -0.39 is 18.1 Å². The molecule has 176 valence electrons. The van der Waals surface area contributed by atoms with E-state index in [1.54, 1.807) is 0 Å². The Morgan fingerprint density at radius 1 is 0.970 bits per heavy atom. The molecule has 0 saturated heterocycles. The molecule has 3 N–H and O–H groups in total. The van der Waals surface area contributed by atoms with Crippen molar-refractivity contribution in [2.45, 2.75) is 45.6 Å². The van der Waals surface area contributed by atoms with Crippen LogP contribution in [0, 0.1) is 11.8 Å². The zero-order chi connectivity index (χ0) is 24.0. The highest BCUT2D eigenvalue weighted by Crippen LogP contribution is 2.44. The lowest BCUT2D eigenvalue weighted by Gasteiger charge is -2.22. The molecule has 3 rings (SSSR count). The quantitative estimate of drug-likeness (QED) is 0.502. The Morgan fingerprint density at radius 2 is 1.55 bits per heavy atom. The number of nitrogens with one attached hydrogen (secondary N) is 2. The number of carboxylic acids is 1. The van der Waals surface area contributed by atoms with Gasteiger partial charge in [0.25, 0.3) is 0 Å². The number of carboxylic acid groups (broad SMARTS) is 1. The molecule has 0 radical (unpaired) electrons. The number of aliphatic carboxylic acids is 1. The van der Waals surface area contributed by atoms with Crippen LogP contribution in [0.1, 0.15) is 50.7 Å². The molecule has 2 amide bonds. The van der Waals surface area contributed by atoms with Crippen LogP contribution in [-0.2, 0) is 14.3 Å². The molecule has 2 unspecified atom stereocenters. The Bertz CT molecular complexity index is 958. The molecule has 2 aromatic carbocycles. The third-order valence-electron chi connectivity index (χ3n) is 6.03. The molecule has 0 heterocycles. The first-order valence-corrected chi connectivity index (χ1v) is 11.4. The first-order chi connectivity index (χ1) is 15.8. The Labute approximate surface area is 194 Å².